The number of hydrogen-bond donors (Lipinski definition) is 1. The molecule has 1 aliphatic heterocycles. The number of nitrogens with zero attached hydrogens (tertiary/aromatic N) is 4. The van der Waals surface area contributed by atoms with Crippen molar-refractivity contribution in [3.63, 3.8) is 0 Å². The van der Waals surface area contributed by atoms with Gasteiger partial charge in [0.1, 0.15) is 0 Å². The molecule has 3 aromatic rings. The van der Waals surface area contributed by atoms with Crippen molar-refractivity contribution in [3.05, 3.63) is 78.4 Å². The van der Waals surface area contributed by atoms with Crippen molar-refractivity contribution < 1.29 is 9.53 Å². The predicted octanol–water partition coefficient (Wildman–Crippen LogP) is 3.54. The van der Waals surface area contributed by atoms with Crippen LogP contribution >= 0.6 is 0 Å². The third-order valence-corrected chi connectivity index (χ3v) is 4.91. The van der Waals surface area contributed by atoms with Gasteiger partial charge in [-0.15, -0.1) is 0 Å². The quantitative estimate of drug-likeness (QED) is 0.669. The molecule has 1 N–H and O–H groups in total. The molecule has 1 atom stereocenters. The zero-order valence-electron chi connectivity index (χ0n) is 16.3. The van der Waals surface area contributed by atoms with Gasteiger partial charge >= 0.3 is 6.03 Å². The predicted molar refractivity (Wildman–Crippen MR) is 110 cm³/mol. The molecule has 4 rings (SSSR count). The van der Waals surface area contributed by atoms with Crippen LogP contribution in [0.2, 0.25) is 0 Å². The van der Waals surface area contributed by atoms with Crippen LogP contribution < -0.4 is 5.32 Å². The molecule has 3 heterocycles. The van der Waals surface area contributed by atoms with Crippen molar-refractivity contribution >= 4 is 11.7 Å². The van der Waals surface area contributed by atoms with Crippen LogP contribution in [0.25, 0.3) is 0 Å². The van der Waals surface area contributed by atoms with Crippen molar-refractivity contribution in [3.8, 4) is 0 Å². The number of anilines is 1. The second-order valence-corrected chi connectivity index (χ2v) is 7.21. The van der Waals surface area contributed by atoms with E-state index in [-0.39, 0.29) is 12.1 Å². The normalized spacial score (nSPS) is 15.9. The standard InChI is InChI=1S/C22H25N5O2/c28-22(25-20-7-1-5-18(13-20)16-27-11-4-10-24-27)26(17-21-8-3-12-29-21)15-19-6-2-9-23-14-19/h1-2,4-7,9-11,13-14,21H,3,8,12,15-17H2,(H,25,28). The van der Waals surface area contributed by atoms with Gasteiger partial charge in [0.2, 0.25) is 0 Å². The first-order valence-corrected chi connectivity index (χ1v) is 9.89. The molecule has 0 spiro atoms. The Bertz CT molecular complexity index is 908. The molecule has 0 bridgehead atoms. The molecular weight excluding hydrogens is 366 g/mol. The molecule has 0 saturated carbocycles. The van der Waals surface area contributed by atoms with Gasteiger partial charge in [0.05, 0.1) is 12.6 Å². The lowest BCUT2D eigenvalue weighted by atomic mass is 10.2. The zero-order valence-corrected chi connectivity index (χ0v) is 16.3. The summed E-state index contributed by atoms with van der Waals surface area (Å²) in [6, 6.07) is 13.5. The summed E-state index contributed by atoms with van der Waals surface area (Å²) in [5.74, 6) is 0. The van der Waals surface area contributed by atoms with E-state index in [4.69, 9.17) is 4.74 Å². The highest BCUT2D eigenvalue weighted by atomic mass is 16.5. The fourth-order valence-electron chi connectivity index (χ4n) is 3.50. The molecule has 1 aromatic carbocycles. The third kappa shape index (κ3) is 5.42. The Balaban J connectivity index is 1.45. The van der Waals surface area contributed by atoms with Crippen LogP contribution in [-0.2, 0) is 17.8 Å². The minimum atomic E-state index is -0.138. The summed E-state index contributed by atoms with van der Waals surface area (Å²) in [5.41, 5.74) is 2.83. The maximum Gasteiger partial charge on any atom is 0.322 e. The molecule has 0 radical (unpaired) electrons. The number of rotatable bonds is 7. The summed E-state index contributed by atoms with van der Waals surface area (Å²) < 4.78 is 7.61. The lowest BCUT2D eigenvalue weighted by Crippen LogP contribution is -2.39. The first kappa shape index (κ1) is 19.1. The molecule has 150 valence electrons. The first-order valence-electron chi connectivity index (χ1n) is 9.89. The van der Waals surface area contributed by atoms with Gasteiger partial charge in [0.25, 0.3) is 0 Å². The number of hydrogen-bond acceptors (Lipinski definition) is 4. The second kappa shape index (κ2) is 9.34. The van der Waals surface area contributed by atoms with Gasteiger partial charge in [-0.25, -0.2) is 4.79 Å². The summed E-state index contributed by atoms with van der Waals surface area (Å²) in [4.78, 5) is 19.0. The van der Waals surface area contributed by atoms with Crippen LogP contribution in [0.1, 0.15) is 24.0 Å². The van der Waals surface area contributed by atoms with E-state index in [1.807, 2.05) is 53.3 Å². The van der Waals surface area contributed by atoms with Gasteiger partial charge in [-0.2, -0.15) is 5.10 Å². The summed E-state index contributed by atoms with van der Waals surface area (Å²) in [7, 11) is 0. The molecule has 2 aromatic heterocycles. The van der Waals surface area contributed by atoms with Crippen molar-refractivity contribution in [2.45, 2.75) is 32.0 Å². The number of pyridine rings is 1. The monoisotopic (exact) mass is 391 g/mol. The highest BCUT2D eigenvalue weighted by Gasteiger charge is 2.23. The van der Waals surface area contributed by atoms with Crippen LogP contribution in [-0.4, -0.2) is 45.0 Å². The molecule has 1 aliphatic rings. The van der Waals surface area contributed by atoms with E-state index in [0.29, 0.717) is 19.6 Å². The van der Waals surface area contributed by atoms with Crippen LogP contribution in [0.3, 0.4) is 0 Å². The Morgan fingerprint density at radius 2 is 2.14 bits per heavy atom. The molecule has 1 unspecified atom stereocenters. The fourth-order valence-corrected chi connectivity index (χ4v) is 3.50. The largest absolute Gasteiger partial charge is 0.376 e. The average molecular weight is 391 g/mol. The van der Waals surface area contributed by atoms with Crippen molar-refractivity contribution in [1.29, 1.82) is 0 Å². The number of carbonyl (C=O) groups is 1. The highest BCUT2D eigenvalue weighted by molar-refractivity contribution is 5.89. The SMILES string of the molecule is O=C(Nc1cccc(Cn2cccn2)c1)N(Cc1cccnc1)CC1CCCO1. The fraction of sp³-hybridized carbons (Fsp3) is 0.318. The second-order valence-electron chi connectivity index (χ2n) is 7.21. The first-order chi connectivity index (χ1) is 14.3. The number of carbonyl (C=O) groups excluding carboxylic acids is 1. The Labute approximate surface area is 170 Å². The lowest BCUT2D eigenvalue weighted by Gasteiger charge is -2.26. The number of amides is 2. The molecule has 7 heteroatoms. The molecule has 1 saturated heterocycles. The summed E-state index contributed by atoms with van der Waals surface area (Å²) in [6.45, 7) is 2.48. The number of benzene rings is 1. The maximum atomic E-state index is 13.1. The number of ether oxygens (including phenoxy) is 1. The van der Waals surface area contributed by atoms with Gasteiger partial charge in [-0.05, 0) is 48.2 Å². The summed E-state index contributed by atoms with van der Waals surface area (Å²) in [5, 5.41) is 7.27. The Morgan fingerprint density at radius 1 is 1.21 bits per heavy atom. The van der Waals surface area contributed by atoms with E-state index in [1.165, 1.54) is 0 Å². The van der Waals surface area contributed by atoms with Crippen molar-refractivity contribution in [2.75, 3.05) is 18.5 Å². The van der Waals surface area contributed by atoms with Crippen molar-refractivity contribution in [1.82, 2.24) is 19.7 Å². The van der Waals surface area contributed by atoms with Crippen LogP contribution in [0, 0.1) is 0 Å². The Kier molecular flexibility index (Phi) is 6.16. The van der Waals surface area contributed by atoms with Crippen molar-refractivity contribution in [2.24, 2.45) is 0 Å². The smallest absolute Gasteiger partial charge is 0.322 e. The molecule has 2 amide bonds. The van der Waals surface area contributed by atoms with Crippen LogP contribution in [0.4, 0.5) is 10.5 Å². The lowest BCUT2D eigenvalue weighted by molar-refractivity contribution is 0.0819. The molecule has 1 fully saturated rings. The number of urea groups is 1. The molecule has 0 aliphatic carbocycles. The summed E-state index contributed by atoms with van der Waals surface area (Å²) >= 11 is 0. The Hall–Kier alpha value is -3.19. The van der Waals surface area contributed by atoms with Crippen LogP contribution in [0.15, 0.2) is 67.3 Å². The third-order valence-electron chi connectivity index (χ3n) is 4.91. The van der Waals surface area contributed by atoms with E-state index in [2.05, 4.69) is 15.4 Å². The highest BCUT2D eigenvalue weighted by Crippen LogP contribution is 2.17. The molecule has 7 nitrogen and oxygen atoms in total. The van der Waals surface area contributed by atoms with E-state index < -0.39 is 0 Å². The van der Waals surface area contributed by atoms with Gasteiger partial charge < -0.3 is 15.0 Å². The minimum Gasteiger partial charge on any atom is -0.376 e. The van der Waals surface area contributed by atoms with Gasteiger partial charge in [-0.1, -0.05) is 18.2 Å². The van der Waals surface area contributed by atoms with E-state index in [9.17, 15) is 4.79 Å². The van der Waals surface area contributed by atoms with E-state index in [0.717, 1.165) is 36.3 Å². The van der Waals surface area contributed by atoms with Gasteiger partial charge in [0.15, 0.2) is 0 Å². The maximum absolute atomic E-state index is 13.1. The topological polar surface area (TPSA) is 72.3 Å². The van der Waals surface area contributed by atoms with E-state index in [1.54, 1.807) is 23.5 Å². The minimum absolute atomic E-state index is 0.0866. The number of nitrogens with one attached hydrogen (secondary N) is 1. The van der Waals surface area contributed by atoms with Gasteiger partial charge in [0, 0.05) is 50.2 Å². The van der Waals surface area contributed by atoms with E-state index >= 15 is 0 Å². The molecular formula is C22H25N5O2. The van der Waals surface area contributed by atoms with Crippen LogP contribution in [0.5, 0.6) is 0 Å². The summed E-state index contributed by atoms with van der Waals surface area (Å²) in [6.07, 6.45) is 9.32. The average Bonchev–Trinajstić information content (AvgIpc) is 3.43. The molecule has 29 heavy (non-hydrogen) atoms. The Morgan fingerprint density at radius 3 is 2.90 bits per heavy atom. The zero-order chi connectivity index (χ0) is 19.9. The number of aromatic nitrogens is 3. The van der Waals surface area contributed by atoms with Gasteiger partial charge in [-0.3, -0.25) is 9.67 Å².